The van der Waals surface area contributed by atoms with Crippen molar-refractivity contribution in [2.24, 2.45) is 0 Å². The molecule has 0 aromatic carbocycles. The normalized spacial score (nSPS) is 14.5. The second kappa shape index (κ2) is 11.0. The summed E-state index contributed by atoms with van der Waals surface area (Å²) < 4.78 is 14.3. The third-order valence-corrected chi connectivity index (χ3v) is 2.80. The van der Waals surface area contributed by atoms with Gasteiger partial charge in [0.1, 0.15) is 0 Å². The third-order valence-electron chi connectivity index (χ3n) is 2.80. The Morgan fingerprint density at radius 2 is 1.39 bits per heavy atom. The molecule has 0 aliphatic rings. The maximum atomic E-state index is 12.0. The van der Waals surface area contributed by atoms with E-state index in [0.29, 0.717) is 19.3 Å². The largest absolute Gasteiger partial charge is 0.466 e. The highest BCUT2D eigenvalue weighted by molar-refractivity contribution is 5.92. The summed E-state index contributed by atoms with van der Waals surface area (Å²) in [5.41, 5.74) is -2.75. The van der Waals surface area contributed by atoms with E-state index in [1.165, 1.54) is 0 Å². The first kappa shape index (κ1) is 21.3. The first-order valence-corrected chi connectivity index (χ1v) is 7.73. The van der Waals surface area contributed by atoms with E-state index in [-0.39, 0.29) is 19.8 Å². The van der Waals surface area contributed by atoms with Crippen LogP contribution >= 0.6 is 0 Å². The standard InChI is InChI=1S/C15H26O8/c1-4-7-21-11(16)10-15(20,14(19)23-9-6-3)12(17)13(18)22-8-5-2/h12,17,20H,4-10H2,1-3H3. The smallest absolute Gasteiger partial charge is 0.342 e. The van der Waals surface area contributed by atoms with Gasteiger partial charge in [0.15, 0.2) is 6.10 Å². The van der Waals surface area contributed by atoms with Crippen molar-refractivity contribution in [3.8, 4) is 0 Å². The average Bonchev–Trinajstić information content (AvgIpc) is 2.54. The molecule has 0 spiro atoms. The molecule has 0 aliphatic carbocycles. The summed E-state index contributed by atoms with van der Waals surface area (Å²) in [6, 6.07) is 0. The van der Waals surface area contributed by atoms with Crippen molar-refractivity contribution in [3.05, 3.63) is 0 Å². The molecule has 0 fully saturated rings. The quantitative estimate of drug-likeness (QED) is 0.410. The van der Waals surface area contributed by atoms with Crippen LogP contribution in [0.3, 0.4) is 0 Å². The highest BCUT2D eigenvalue weighted by Gasteiger charge is 2.51. The molecule has 0 aliphatic heterocycles. The van der Waals surface area contributed by atoms with Gasteiger partial charge in [-0.15, -0.1) is 0 Å². The van der Waals surface area contributed by atoms with Crippen molar-refractivity contribution in [2.45, 2.75) is 58.2 Å². The molecular weight excluding hydrogens is 308 g/mol. The molecule has 0 aromatic rings. The van der Waals surface area contributed by atoms with E-state index in [1.807, 2.05) is 0 Å². The highest BCUT2D eigenvalue weighted by Crippen LogP contribution is 2.21. The van der Waals surface area contributed by atoms with Gasteiger partial charge in [0.05, 0.1) is 26.2 Å². The van der Waals surface area contributed by atoms with Crippen LogP contribution in [0.4, 0.5) is 0 Å². The van der Waals surface area contributed by atoms with E-state index in [2.05, 4.69) is 0 Å². The molecule has 2 N–H and O–H groups in total. The van der Waals surface area contributed by atoms with E-state index in [4.69, 9.17) is 14.2 Å². The predicted octanol–water partition coefficient (Wildman–Crippen LogP) is 0.328. The van der Waals surface area contributed by atoms with Gasteiger partial charge in [-0.05, 0) is 19.3 Å². The molecule has 134 valence electrons. The number of esters is 3. The van der Waals surface area contributed by atoms with Crippen molar-refractivity contribution in [1.29, 1.82) is 0 Å². The Balaban J connectivity index is 5.14. The number of ether oxygens (including phenoxy) is 3. The zero-order chi connectivity index (χ0) is 17.9. The van der Waals surface area contributed by atoms with E-state index in [1.54, 1.807) is 20.8 Å². The van der Waals surface area contributed by atoms with E-state index < -0.39 is 36.0 Å². The van der Waals surface area contributed by atoms with Gasteiger partial charge in [-0.2, -0.15) is 0 Å². The molecule has 2 unspecified atom stereocenters. The molecule has 0 bridgehead atoms. The van der Waals surface area contributed by atoms with Crippen LogP contribution in [0.25, 0.3) is 0 Å². The van der Waals surface area contributed by atoms with Gasteiger partial charge in [0, 0.05) is 0 Å². The molecule has 2 atom stereocenters. The van der Waals surface area contributed by atoms with Crippen molar-refractivity contribution in [3.63, 3.8) is 0 Å². The number of aliphatic hydroxyl groups excluding tert-OH is 1. The Bertz CT molecular complexity index is 395. The molecule has 8 heteroatoms. The Morgan fingerprint density at radius 1 is 0.913 bits per heavy atom. The fourth-order valence-corrected chi connectivity index (χ4v) is 1.56. The lowest BCUT2D eigenvalue weighted by Crippen LogP contribution is -2.56. The van der Waals surface area contributed by atoms with Gasteiger partial charge in [-0.1, -0.05) is 20.8 Å². The van der Waals surface area contributed by atoms with Crippen LogP contribution in [0, 0.1) is 0 Å². The van der Waals surface area contributed by atoms with Crippen molar-refractivity contribution >= 4 is 17.9 Å². The first-order valence-electron chi connectivity index (χ1n) is 7.73. The number of carbonyl (C=O) groups is 3. The number of carbonyl (C=O) groups excluding carboxylic acids is 3. The summed E-state index contributed by atoms with van der Waals surface area (Å²) in [7, 11) is 0. The number of hydrogen-bond donors (Lipinski definition) is 2. The minimum Gasteiger partial charge on any atom is -0.466 e. The second-order valence-corrected chi connectivity index (χ2v) is 5.03. The lowest BCUT2D eigenvalue weighted by atomic mass is 9.92. The van der Waals surface area contributed by atoms with Gasteiger partial charge < -0.3 is 24.4 Å². The molecular formula is C15H26O8. The molecule has 0 rings (SSSR count). The number of aliphatic hydroxyl groups is 2. The Hall–Kier alpha value is -1.67. The molecule has 0 radical (unpaired) electrons. The minimum atomic E-state index is -2.75. The second-order valence-electron chi connectivity index (χ2n) is 5.03. The van der Waals surface area contributed by atoms with Gasteiger partial charge in [-0.3, -0.25) is 4.79 Å². The first-order chi connectivity index (χ1) is 10.8. The molecule has 0 amide bonds. The van der Waals surface area contributed by atoms with E-state index in [0.717, 1.165) is 0 Å². The predicted molar refractivity (Wildman–Crippen MR) is 79.3 cm³/mol. The van der Waals surface area contributed by atoms with Crippen molar-refractivity contribution < 1.29 is 38.8 Å². The van der Waals surface area contributed by atoms with Crippen LogP contribution in [-0.2, 0) is 28.6 Å². The fraction of sp³-hybridized carbons (Fsp3) is 0.800. The van der Waals surface area contributed by atoms with Crippen molar-refractivity contribution in [1.82, 2.24) is 0 Å². The maximum absolute atomic E-state index is 12.0. The Labute approximate surface area is 135 Å². The van der Waals surface area contributed by atoms with E-state index in [9.17, 15) is 24.6 Å². The lowest BCUT2D eigenvalue weighted by molar-refractivity contribution is -0.194. The molecule has 0 aromatic heterocycles. The fourth-order valence-electron chi connectivity index (χ4n) is 1.56. The van der Waals surface area contributed by atoms with Crippen LogP contribution in [-0.4, -0.2) is 59.6 Å². The highest BCUT2D eigenvalue weighted by atomic mass is 16.6. The van der Waals surface area contributed by atoms with Gasteiger partial charge in [-0.25, -0.2) is 9.59 Å². The van der Waals surface area contributed by atoms with Crippen molar-refractivity contribution in [2.75, 3.05) is 19.8 Å². The molecule has 0 saturated carbocycles. The molecule has 0 heterocycles. The summed E-state index contributed by atoms with van der Waals surface area (Å²) in [4.78, 5) is 35.4. The van der Waals surface area contributed by atoms with Crippen LogP contribution in [0.1, 0.15) is 46.5 Å². The molecule has 0 saturated heterocycles. The summed E-state index contributed by atoms with van der Waals surface area (Å²) in [6.07, 6.45) is -1.63. The molecule has 23 heavy (non-hydrogen) atoms. The number of rotatable bonds is 11. The molecule has 8 nitrogen and oxygen atoms in total. The third kappa shape index (κ3) is 6.96. The lowest BCUT2D eigenvalue weighted by Gasteiger charge is -2.28. The SMILES string of the molecule is CCCOC(=O)CC(O)(C(=O)OCCC)C(O)C(=O)OCCC. The van der Waals surface area contributed by atoms with Gasteiger partial charge in [0.2, 0.25) is 5.60 Å². The number of hydrogen-bond acceptors (Lipinski definition) is 8. The summed E-state index contributed by atoms with van der Waals surface area (Å²) in [6.45, 7) is 5.32. The van der Waals surface area contributed by atoms with Crippen LogP contribution in [0.5, 0.6) is 0 Å². The van der Waals surface area contributed by atoms with Crippen LogP contribution in [0.2, 0.25) is 0 Å². The summed E-state index contributed by atoms with van der Waals surface area (Å²) in [5, 5.41) is 20.4. The summed E-state index contributed by atoms with van der Waals surface area (Å²) >= 11 is 0. The monoisotopic (exact) mass is 334 g/mol. The zero-order valence-electron chi connectivity index (χ0n) is 13.9. The topological polar surface area (TPSA) is 119 Å². The Morgan fingerprint density at radius 3 is 1.91 bits per heavy atom. The van der Waals surface area contributed by atoms with Gasteiger partial charge in [0.25, 0.3) is 0 Å². The average molecular weight is 334 g/mol. The summed E-state index contributed by atoms with van der Waals surface area (Å²) in [5.74, 6) is -3.40. The van der Waals surface area contributed by atoms with E-state index >= 15 is 0 Å². The Kier molecular flexibility index (Phi) is 10.2. The maximum Gasteiger partial charge on any atom is 0.342 e. The zero-order valence-corrected chi connectivity index (χ0v) is 13.9. The van der Waals surface area contributed by atoms with Crippen LogP contribution in [0.15, 0.2) is 0 Å². The minimum absolute atomic E-state index is 0.0102. The van der Waals surface area contributed by atoms with Crippen LogP contribution < -0.4 is 0 Å². The van der Waals surface area contributed by atoms with Gasteiger partial charge >= 0.3 is 17.9 Å².